The second-order valence-corrected chi connectivity index (χ2v) is 6.74. The van der Waals surface area contributed by atoms with Gasteiger partial charge in [0.05, 0.1) is 19.1 Å². The highest BCUT2D eigenvalue weighted by molar-refractivity contribution is 7.89. The van der Waals surface area contributed by atoms with E-state index < -0.39 is 33.8 Å². The molecular weight excluding hydrogens is 300 g/mol. The second kappa shape index (κ2) is 7.71. The largest absolute Gasteiger partial charge is 0.481 e. The summed E-state index contributed by atoms with van der Waals surface area (Å²) in [6, 6.07) is 0. The fraction of sp³-hybridized carbons (Fsp3) is 0.833. The van der Waals surface area contributed by atoms with Crippen molar-refractivity contribution in [2.24, 2.45) is 0 Å². The Morgan fingerprint density at radius 3 is 2.48 bits per heavy atom. The molecule has 0 spiro atoms. The minimum absolute atomic E-state index is 0.110. The van der Waals surface area contributed by atoms with Gasteiger partial charge in [0.2, 0.25) is 15.9 Å². The first-order valence-electron chi connectivity index (χ1n) is 6.89. The predicted octanol–water partition coefficient (Wildman–Crippen LogP) is -0.640. The minimum Gasteiger partial charge on any atom is -0.481 e. The van der Waals surface area contributed by atoms with Gasteiger partial charge in [-0.15, -0.1) is 0 Å². The van der Waals surface area contributed by atoms with Gasteiger partial charge >= 0.3 is 5.97 Å². The van der Waals surface area contributed by atoms with Crippen molar-refractivity contribution in [3.05, 3.63) is 0 Å². The molecule has 0 aromatic heterocycles. The summed E-state index contributed by atoms with van der Waals surface area (Å²) in [5, 5.41) is 8.73. The van der Waals surface area contributed by atoms with Gasteiger partial charge in [-0.25, -0.2) is 12.7 Å². The number of aliphatic carboxylic acids is 1. The summed E-state index contributed by atoms with van der Waals surface area (Å²) in [5.41, 5.74) is 0. The first-order chi connectivity index (χ1) is 9.80. The van der Waals surface area contributed by atoms with E-state index in [4.69, 9.17) is 9.84 Å². The maximum absolute atomic E-state index is 12.1. The Balaban J connectivity index is 2.64. The molecule has 21 heavy (non-hydrogen) atoms. The third-order valence-electron chi connectivity index (χ3n) is 3.30. The minimum atomic E-state index is -3.63. The maximum Gasteiger partial charge on any atom is 0.306 e. The van der Waals surface area contributed by atoms with Crippen LogP contribution in [-0.2, 0) is 24.3 Å². The van der Waals surface area contributed by atoms with E-state index in [0.29, 0.717) is 13.1 Å². The smallest absolute Gasteiger partial charge is 0.306 e. The van der Waals surface area contributed by atoms with Gasteiger partial charge in [0, 0.05) is 26.2 Å². The summed E-state index contributed by atoms with van der Waals surface area (Å²) in [6.45, 7) is 4.66. The van der Waals surface area contributed by atoms with Gasteiger partial charge in [-0.3, -0.25) is 9.59 Å². The van der Waals surface area contributed by atoms with Gasteiger partial charge in [-0.05, 0) is 0 Å². The summed E-state index contributed by atoms with van der Waals surface area (Å²) in [6.07, 6.45) is -0.789. The molecular formula is C12H22N2O6S. The summed E-state index contributed by atoms with van der Waals surface area (Å²) in [7, 11) is -3.63. The Hall–Kier alpha value is -1.19. The molecule has 122 valence electrons. The summed E-state index contributed by atoms with van der Waals surface area (Å²) >= 11 is 0. The lowest BCUT2D eigenvalue weighted by atomic mass is 10.2. The van der Waals surface area contributed by atoms with Crippen LogP contribution in [-0.4, -0.2) is 79.2 Å². The molecule has 1 amide bonds. The number of morpholine rings is 1. The molecule has 1 fully saturated rings. The number of amides is 1. The van der Waals surface area contributed by atoms with Crippen LogP contribution in [0.5, 0.6) is 0 Å². The Bertz CT molecular complexity index is 474. The molecule has 1 N–H and O–H groups in total. The Kier molecular flexibility index (Phi) is 6.56. The highest BCUT2D eigenvalue weighted by atomic mass is 32.2. The maximum atomic E-state index is 12.1. The number of hydrogen-bond acceptors (Lipinski definition) is 5. The zero-order chi connectivity index (χ0) is 16.0. The van der Waals surface area contributed by atoms with E-state index in [9.17, 15) is 18.0 Å². The van der Waals surface area contributed by atoms with Crippen molar-refractivity contribution < 1.29 is 27.9 Å². The van der Waals surface area contributed by atoms with E-state index in [0.717, 1.165) is 0 Å². The molecule has 0 unspecified atom stereocenters. The van der Waals surface area contributed by atoms with E-state index in [1.165, 1.54) is 9.21 Å². The number of hydrogen-bond donors (Lipinski definition) is 1. The Morgan fingerprint density at radius 1 is 1.33 bits per heavy atom. The molecule has 1 aliphatic rings. The van der Waals surface area contributed by atoms with Crippen molar-refractivity contribution in [3.63, 3.8) is 0 Å². The molecule has 0 aromatic rings. The topological polar surface area (TPSA) is 104 Å². The molecule has 1 atom stereocenters. The monoisotopic (exact) mass is 322 g/mol. The zero-order valence-electron chi connectivity index (χ0n) is 12.3. The average Bonchev–Trinajstić information content (AvgIpc) is 2.38. The van der Waals surface area contributed by atoms with E-state index >= 15 is 0 Å². The van der Waals surface area contributed by atoms with Gasteiger partial charge in [-0.1, -0.05) is 13.8 Å². The molecule has 0 bridgehead atoms. The van der Waals surface area contributed by atoms with Gasteiger partial charge in [0.15, 0.2) is 0 Å². The van der Waals surface area contributed by atoms with Crippen LogP contribution in [0.25, 0.3) is 0 Å². The first-order valence-corrected chi connectivity index (χ1v) is 8.50. The van der Waals surface area contributed by atoms with Crippen LogP contribution < -0.4 is 0 Å². The average molecular weight is 322 g/mol. The lowest BCUT2D eigenvalue weighted by molar-refractivity contribution is -0.146. The summed E-state index contributed by atoms with van der Waals surface area (Å²) in [4.78, 5) is 24.1. The standard InChI is InChI=1S/C12H22N2O6S/c1-3-14(4-2)21(18,19)9-11(15)13-5-6-20-10(8-13)7-12(16)17/h10H,3-9H2,1-2H3,(H,16,17)/t10-/m0/s1. The van der Waals surface area contributed by atoms with Crippen molar-refractivity contribution in [3.8, 4) is 0 Å². The third kappa shape index (κ3) is 5.25. The van der Waals surface area contributed by atoms with Crippen LogP contribution in [0.3, 0.4) is 0 Å². The van der Waals surface area contributed by atoms with Crippen LogP contribution in [0, 0.1) is 0 Å². The van der Waals surface area contributed by atoms with E-state index in [1.807, 2.05) is 0 Å². The highest BCUT2D eigenvalue weighted by Gasteiger charge is 2.30. The second-order valence-electron chi connectivity index (χ2n) is 4.77. The molecule has 9 heteroatoms. The lowest BCUT2D eigenvalue weighted by Gasteiger charge is -2.32. The van der Waals surface area contributed by atoms with Gasteiger partial charge < -0.3 is 14.7 Å². The van der Waals surface area contributed by atoms with E-state index in [2.05, 4.69) is 0 Å². The fourth-order valence-corrected chi connectivity index (χ4v) is 3.68. The van der Waals surface area contributed by atoms with Gasteiger partial charge in [0.25, 0.3) is 0 Å². The third-order valence-corrected chi connectivity index (χ3v) is 5.21. The normalized spacial score (nSPS) is 19.8. The Labute approximate surface area is 124 Å². The van der Waals surface area contributed by atoms with Crippen molar-refractivity contribution in [1.82, 2.24) is 9.21 Å². The first kappa shape index (κ1) is 17.9. The molecule has 1 aliphatic heterocycles. The number of nitrogens with zero attached hydrogens (tertiary/aromatic N) is 2. The number of ether oxygens (including phenoxy) is 1. The summed E-state index contributed by atoms with van der Waals surface area (Å²) < 4.78 is 30.6. The van der Waals surface area contributed by atoms with Crippen molar-refractivity contribution >= 4 is 21.9 Å². The molecule has 0 aliphatic carbocycles. The number of carbonyl (C=O) groups excluding carboxylic acids is 1. The van der Waals surface area contributed by atoms with E-state index in [-0.39, 0.29) is 26.1 Å². The van der Waals surface area contributed by atoms with Crippen LogP contribution in [0.15, 0.2) is 0 Å². The number of carbonyl (C=O) groups is 2. The van der Waals surface area contributed by atoms with Crippen LogP contribution in [0.2, 0.25) is 0 Å². The molecule has 8 nitrogen and oxygen atoms in total. The lowest BCUT2D eigenvalue weighted by Crippen LogP contribution is -2.49. The molecule has 0 saturated carbocycles. The SMILES string of the molecule is CCN(CC)S(=O)(=O)CC(=O)N1CCO[C@@H](CC(=O)O)C1. The number of sulfonamides is 1. The molecule has 0 radical (unpaired) electrons. The number of carboxylic acids is 1. The van der Waals surface area contributed by atoms with Crippen molar-refractivity contribution in [1.29, 1.82) is 0 Å². The number of rotatable bonds is 7. The Morgan fingerprint density at radius 2 is 1.95 bits per heavy atom. The van der Waals surface area contributed by atoms with Gasteiger partial charge in [-0.2, -0.15) is 0 Å². The molecule has 1 rings (SSSR count). The van der Waals surface area contributed by atoms with Crippen LogP contribution in [0.1, 0.15) is 20.3 Å². The molecule has 1 saturated heterocycles. The van der Waals surface area contributed by atoms with E-state index in [1.54, 1.807) is 13.8 Å². The van der Waals surface area contributed by atoms with Gasteiger partial charge in [0.1, 0.15) is 5.75 Å². The van der Waals surface area contributed by atoms with Crippen LogP contribution >= 0.6 is 0 Å². The fourth-order valence-electron chi connectivity index (χ4n) is 2.22. The predicted molar refractivity (Wildman–Crippen MR) is 75.3 cm³/mol. The van der Waals surface area contributed by atoms with Crippen molar-refractivity contribution in [2.45, 2.75) is 26.4 Å². The molecule has 0 aromatic carbocycles. The summed E-state index contributed by atoms with van der Waals surface area (Å²) in [5.74, 6) is -2.11. The number of carboxylic acid groups (broad SMARTS) is 1. The highest BCUT2D eigenvalue weighted by Crippen LogP contribution is 2.11. The van der Waals surface area contributed by atoms with Crippen molar-refractivity contribution in [2.75, 3.05) is 38.5 Å². The molecule has 1 heterocycles. The zero-order valence-corrected chi connectivity index (χ0v) is 13.1. The van der Waals surface area contributed by atoms with Crippen LogP contribution in [0.4, 0.5) is 0 Å². The quantitative estimate of drug-likeness (QED) is 0.668.